The maximum absolute atomic E-state index is 12.6. The molecule has 0 bridgehead atoms. The fourth-order valence-electron chi connectivity index (χ4n) is 3.08. The lowest BCUT2D eigenvalue weighted by Crippen LogP contribution is -2.13. The first-order valence-corrected chi connectivity index (χ1v) is 8.92. The molecular formula is C21H17N5O3. The first-order valence-electron chi connectivity index (χ1n) is 8.92. The summed E-state index contributed by atoms with van der Waals surface area (Å²) in [7, 11) is 0. The van der Waals surface area contributed by atoms with Crippen LogP contribution in [0.15, 0.2) is 60.7 Å². The number of nitrogens with one attached hydrogen (secondary N) is 1. The largest absolute Gasteiger partial charge is 0.322 e. The molecule has 1 N–H and O–H groups in total. The van der Waals surface area contributed by atoms with Gasteiger partial charge in [-0.25, -0.2) is 0 Å². The summed E-state index contributed by atoms with van der Waals surface area (Å²) in [5.41, 5.74) is 4.42. The second-order valence-electron chi connectivity index (χ2n) is 6.69. The van der Waals surface area contributed by atoms with Crippen molar-refractivity contribution in [3.05, 3.63) is 87.5 Å². The number of carbonyl (C=O) groups is 1. The van der Waals surface area contributed by atoms with E-state index in [0.717, 1.165) is 16.8 Å². The van der Waals surface area contributed by atoms with E-state index in [1.165, 1.54) is 18.2 Å². The van der Waals surface area contributed by atoms with Crippen LogP contribution in [0, 0.1) is 24.0 Å². The average Bonchev–Trinajstić information content (AvgIpc) is 3.11. The molecule has 0 aliphatic heterocycles. The van der Waals surface area contributed by atoms with Crippen LogP contribution in [0.2, 0.25) is 0 Å². The van der Waals surface area contributed by atoms with Crippen molar-refractivity contribution in [1.29, 1.82) is 0 Å². The van der Waals surface area contributed by atoms with Crippen LogP contribution in [0.3, 0.4) is 0 Å². The minimum atomic E-state index is -0.467. The molecule has 1 amide bonds. The number of nitrogens with zero attached hydrogens (tertiary/aromatic N) is 4. The predicted octanol–water partition coefficient (Wildman–Crippen LogP) is 4.20. The monoisotopic (exact) mass is 387 g/mol. The minimum absolute atomic E-state index is 0.0170. The fourth-order valence-corrected chi connectivity index (χ4v) is 3.08. The quantitative estimate of drug-likeness (QED) is 0.418. The van der Waals surface area contributed by atoms with Crippen molar-refractivity contribution >= 4 is 28.3 Å². The van der Waals surface area contributed by atoms with E-state index in [0.29, 0.717) is 22.3 Å². The van der Waals surface area contributed by atoms with E-state index in [1.54, 1.807) is 17.8 Å². The van der Waals surface area contributed by atoms with Crippen LogP contribution in [-0.2, 0) is 0 Å². The van der Waals surface area contributed by atoms with Crippen molar-refractivity contribution in [3.63, 3.8) is 0 Å². The summed E-state index contributed by atoms with van der Waals surface area (Å²) in [4.78, 5) is 24.7. The van der Waals surface area contributed by atoms with Crippen LogP contribution in [-0.4, -0.2) is 25.8 Å². The number of benzene rings is 3. The van der Waals surface area contributed by atoms with Crippen LogP contribution >= 0.6 is 0 Å². The molecule has 0 aliphatic carbocycles. The van der Waals surface area contributed by atoms with Gasteiger partial charge in [-0.15, -0.1) is 10.2 Å². The molecule has 0 atom stereocenters. The van der Waals surface area contributed by atoms with Gasteiger partial charge in [-0.3, -0.25) is 14.9 Å². The van der Waals surface area contributed by atoms with E-state index in [2.05, 4.69) is 15.5 Å². The van der Waals surface area contributed by atoms with Crippen LogP contribution in [0.25, 0.3) is 16.7 Å². The van der Waals surface area contributed by atoms with Gasteiger partial charge in [0.05, 0.1) is 10.6 Å². The fraction of sp³-hybridized carbons (Fsp3) is 0.0952. The summed E-state index contributed by atoms with van der Waals surface area (Å²) in [6.07, 6.45) is 0. The molecule has 29 heavy (non-hydrogen) atoms. The normalized spacial score (nSPS) is 10.8. The van der Waals surface area contributed by atoms with Gasteiger partial charge in [-0.05, 0) is 55.8 Å². The van der Waals surface area contributed by atoms with Gasteiger partial charge >= 0.3 is 0 Å². The third kappa shape index (κ3) is 3.55. The van der Waals surface area contributed by atoms with Gasteiger partial charge in [0.15, 0.2) is 0 Å². The number of amides is 1. The molecule has 4 rings (SSSR count). The number of hydrogen-bond donors (Lipinski definition) is 1. The number of carbonyl (C=O) groups excluding carboxylic acids is 1. The lowest BCUT2D eigenvalue weighted by molar-refractivity contribution is -0.385. The highest BCUT2D eigenvalue weighted by Gasteiger charge is 2.15. The van der Waals surface area contributed by atoms with Gasteiger partial charge in [0.2, 0.25) is 0 Å². The molecule has 3 aromatic carbocycles. The van der Waals surface area contributed by atoms with E-state index in [-0.39, 0.29) is 11.6 Å². The third-order valence-electron chi connectivity index (χ3n) is 4.62. The molecule has 0 radical (unpaired) electrons. The highest BCUT2D eigenvalue weighted by Crippen LogP contribution is 2.24. The van der Waals surface area contributed by atoms with E-state index >= 15 is 0 Å². The Hall–Kier alpha value is -4.07. The van der Waals surface area contributed by atoms with Gasteiger partial charge in [-0.2, -0.15) is 4.80 Å². The van der Waals surface area contributed by atoms with Gasteiger partial charge in [0, 0.05) is 22.9 Å². The Labute approximate surface area is 165 Å². The Morgan fingerprint density at radius 3 is 2.31 bits per heavy atom. The molecular weight excluding hydrogens is 370 g/mol. The van der Waals surface area contributed by atoms with Crippen molar-refractivity contribution < 1.29 is 9.72 Å². The predicted molar refractivity (Wildman–Crippen MR) is 109 cm³/mol. The maximum Gasteiger partial charge on any atom is 0.272 e. The Kier molecular flexibility index (Phi) is 4.52. The molecule has 0 saturated carbocycles. The summed E-state index contributed by atoms with van der Waals surface area (Å²) in [5, 5.41) is 22.8. The van der Waals surface area contributed by atoms with E-state index in [4.69, 9.17) is 0 Å². The average molecular weight is 387 g/mol. The number of aryl methyl sites for hydroxylation is 2. The number of hydrogen-bond acceptors (Lipinski definition) is 5. The van der Waals surface area contributed by atoms with Crippen molar-refractivity contribution in [1.82, 2.24) is 15.0 Å². The zero-order valence-corrected chi connectivity index (χ0v) is 15.8. The zero-order chi connectivity index (χ0) is 20.5. The number of nitro benzene ring substituents is 1. The molecule has 0 aliphatic rings. The first kappa shape index (κ1) is 18.3. The second-order valence-corrected chi connectivity index (χ2v) is 6.69. The lowest BCUT2D eigenvalue weighted by atomic mass is 10.1. The summed E-state index contributed by atoms with van der Waals surface area (Å²) >= 11 is 0. The molecule has 1 aromatic heterocycles. The number of rotatable bonds is 4. The molecule has 0 unspecified atom stereocenters. The molecule has 0 fully saturated rings. The highest BCUT2D eigenvalue weighted by molar-refractivity contribution is 6.05. The lowest BCUT2D eigenvalue weighted by Gasteiger charge is -2.09. The standard InChI is InChI=1S/C21H17N5O3/c1-13-11-18-19(24-25(23-18)16-6-4-3-5-7-16)12-17(13)22-21(27)15-8-9-20(26(28)29)14(2)10-15/h3-12H,1-2H3,(H,22,27). The Bertz CT molecular complexity index is 1250. The molecule has 0 spiro atoms. The van der Waals surface area contributed by atoms with Crippen molar-refractivity contribution in [2.75, 3.05) is 5.32 Å². The topological polar surface area (TPSA) is 103 Å². The number of fused-ring (bicyclic) bond motifs is 1. The first-order chi connectivity index (χ1) is 13.9. The van der Waals surface area contributed by atoms with Gasteiger partial charge < -0.3 is 5.32 Å². The van der Waals surface area contributed by atoms with Gasteiger partial charge in [0.25, 0.3) is 11.6 Å². The van der Waals surface area contributed by atoms with Crippen molar-refractivity contribution in [2.45, 2.75) is 13.8 Å². The van der Waals surface area contributed by atoms with E-state index in [1.807, 2.05) is 43.3 Å². The molecule has 8 heteroatoms. The number of aromatic nitrogens is 3. The zero-order valence-electron chi connectivity index (χ0n) is 15.8. The number of para-hydroxylation sites is 1. The van der Waals surface area contributed by atoms with Crippen LogP contribution in [0.4, 0.5) is 11.4 Å². The van der Waals surface area contributed by atoms with Crippen LogP contribution < -0.4 is 5.32 Å². The van der Waals surface area contributed by atoms with Crippen molar-refractivity contribution in [3.8, 4) is 5.69 Å². The summed E-state index contributed by atoms with van der Waals surface area (Å²) < 4.78 is 0. The summed E-state index contributed by atoms with van der Waals surface area (Å²) in [6.45, 7) is 3.48. The van der Waals surface area contributed by atoms with E-state index in [9.17, 15) is 14.9 Å². The molecule has 144 valence electrons. The molecule has 0 saturated heterocycles. The number of nitro groups is 1. The van der Waals surface area contributed by atoms with Gasteiger partial charge in [-0.1, -0.05) is 18.2 Å². The highest BCUT2D eigenvalue weighted by atomic mass is 16.6. The molecule has 1 heterocycles. The Balaban J connectivity index is 1.64. The SMILES string of the molecule is Cc1cc2nn(-c3ccccc3)nc2cc1NC(=O)c1ccc([N+](=O)[O-])c(C)c1. The third-order valence-corrected chi connectivity index (χ3v) is 4.62. The number of anilines is 1. The van der Waals surface area contributed by atoms with Crippen LogP contribution in [0.1, 0.15) is 21.5 Å². The second kappa shape index (κ2) is 7.16. The van der Waals surface area contributed by atoms with E-state index < -0.39 is 4.92 Å². The summed E-state index contributed by atoms with van der Waals surface area (Å²) in [5.74, 6) is -0.346. The smallest absolute Gasteiger partial charge is 0.272 e. The van der Waals surface area contributed by atoms with Gasteiger partial charge in [0.1, 0.15) is 11.0 Å². The van der Waals surface area contributed by atoms with Crippen molar-refractivity contribution in [2.24, 2.45) is 0 Å². The minimum Gasteiger partial charge on any atom is -0.322 e. The summed E-state index contributed by atoms with van der Waals surface area (Å²) in [6, 6.07) is 17.5. The molecule has 4 aromatic rings. The maximum atomic E-state index is 12.6. The molecule has 8 nitrogen and oxygen atoms in total. The van der Waals surface area contributed by atoms with Crippen LogP contribution in [0.5, 0.6) is 0 Å². The Morgan fingerprint density at radius 1 is 0.966 bits per heavy atom. The Morgan fingerprint density at radius 2 is 1.66 bits per heavy atom.